The lowest BCUT2D eigenvalue weighted by molar-refractivity contribution is -0.129. The molecule has 0 radical (unpaired) electrons. The van der Waals surface area contributed by atoms with Crippen LogP contribution in [0.15, 0.2) is 28.0 Å². The van der Waals surface area contributed by atoms with Crippen LogP contribution in [0, 0.1) is 5.92 Å². The molecule has 1 fully saturated rings. The van der Waals surface area contributed by atoms with Gasteiger partial charge in [0.2, 0.25) is 11.1 Å². The highest BCUT2D eigenvalue weighted by molar-refractivity contribution is 7.99. The van der Waals surface area contributed by atoms with E-state index in [9.17, 15) is 4.79 Å². The predicted octanol–water partition coefficient (Wildman–Crippen LogP) is 2.05. The molecule has 2 heterocycles. The van der Waals surface area contributed by atoms with Gasteiger partial charge < -0.3 is 9.32 Å². The topological polar surface area (TPSA) is 77.1 Å². The van der Waals surface area contributed by atoms with E-state index in [4.69, 9.17) is 4.42 Å². The van der Waals surface area contributed by atoms with Gasteiger partial charge >= 0.3 is 0 Å². The van der Waals surface area contributed by atoms with Crippen molar-refractivity contribution < 1.29 is 9.21 Å². The van der Waals surface area contributed by atoms with Crippen LogP contribution in [0.5, 0.6) is 0 Å². The molecule has 2 aromatic heterocycles. The standard InChI is InChI=1S/C15H21N5O2S/c1-11(2)8-19(12-5-6-12)14(21)10-23-15-16-17-18-20(15)9-13-4-3-7-22-13/h3-4,7,11-12H,5-6,8-10H2,1-2H3. The van der Waals surface area contributed by atoms with Crippen LogP contribution >= 0.6 is 11.8 Å². The third-order valence-electron chi connectivity index (χ3n) is 3.58. The second-order valence-electron chi connectivity index (χ2n) is 6.16. The first-order valence-corrected chi connectivity index (χ1v) is 8.83. The molecule has 2 aromatic rings. The van der Waals surface area contributed by atoms with E-state index in [1.54, 1.807) is 10.9 Å². The molecule has 124 valence electrons. The lowest BCUT2D eigenvalue weighted by atomic mass is 10.2. The summed E-state index contributed by atoms with van der Waals surface area (Å²) in [6.45, 7) is 5.57. The van der Waals surface area contributed by atoms with Gasteiger partial charge in [0, 0.05) is 12.6 Å². The summed E-state index contributed by atoms with van der Waals surface area (Å²) in [5.41, 5.74) is 0. The second kappa shape index (κ2) is 7.16. The molecule has 0 N–H and O–H groups in total. The molecule has 0 atom stereocenters. The molecule has 1 aliphatic carbocycles. The second-order valence-corrected chi connectivity index (χ2v) is 7.10. The van der Waals surface area contributed by atoms with Crippen molar-refractivity contribution >= 4 is 17.7 Å². The van der Waals surface area contributed by atoms with Crippen LogP contribution in [0.3, 0.4) is 0 Å². The van der Waals surface area contributed by atoms with Crippen LogP contribution in [-0.4, -0.2) is 49.4 Å². The molecule has 23 heavy (non-hydrogen) atoms. The summed E-state index contributed by atoms with van der Waals surface area (Å²) >= 11 is 1.38. The highest BCUT2D eigenvalue weighted by Crippen LogP contribution is 2.28. The van der Waals surface area contributed by atoms with Crippen molar-refractivity contribution in [3.8, 4) is 0 Å². The molecule has 3 rings (SSSR count). The molecule has 0 aliphatic heterocycles. The van der Waals surface area contributed by atoms with Gasteiger partial charge in [-0.3, -0.25) is 4.79 Å². The Labute approximate surface area is 139 Å². The van der Waals surface area contributed by atoms with Crippen molar-refractivity contribution in [1.82, 2.24) is 25.1 Å². The van der Waals surface area contributed by atoms with Crippen LogP contribution in [0.25, 0.3) is 0 Å². The zero-order valence-electron chi connectivity index (χ0n) is 13.4. The van der Waals surface area contributed by atoms with E-state index < -0.39 is 0 Å². The van der Waals surface area contributed by atoms with Crippen molar-refractivity contribution in [1.29, 1.82) is 0 Å². The van der Waals surface area contributed by atoms with Gasteiger partial charge in [0.15, 0.2) is 0 Å². The number of hydrogen-bond donors (Lipinski definition) is 0. The molecule has 1 aliphatic rings. The van der Waals surface area contributed by atoms with E-state index in [0.717, 1.165) is 25.1 Å². The smallest absolute Gasteiger partial charge is 0.233 e. The van der Waals surface area contributed by atoms with E-state index in [1.807, 2.05) is 17.0 Å². The van der Waals surface area contributed by atoms with E-state index >= 15 is 0 Å². The first-order chi connectivity index (χ1) is 11.1. The molecule has 1 amide bonds. The molecular weight excluding hydrogens is 314 g/mol. The van der Waals surface area contributed by atoms with Crippen LogP contribution < -0.4 is 0 Å². The minimum atomic E-state index is 0.166. The van der Waals surface area contributed by atoms with Crippen molar-refractivity contribution in [2.75, 3.05) is 12.3 Å². The molecule has 0 saturated heterocycles. The van der Waals surface area contributed by atoms with E-state index in [0.29, 0.717) is 29.4 Å². The Morgan fingerprint density at radius 2 is 2.35 bits per heavy atom. The number of hydrogen-bond acceptors (Lipinski definition) is 6. The summed E-state index contributed by atoms with van der Waals surface area (Å²) < 4.78 is 6.96. The molecular formula is C15H21N5O2S. The maximum atomic E-state index is 12.5. The molecule has 0 unspecified atom stereocenters. The van der Waals surface area contributed by atoms with Gasteiger partial charge in [0.25, 0.3) is 0 Å². The zero-order valence-corrected chi connectivity index (χ0v) is 14.2. The van der Waals surface area contributed by atoms with E-state index in [2.05, 4.69) is 29.4 Å². The fraction of sp³-hybridized carbons (Fsp3) is 0.600. The van der Waals surface area contributed by atoms with Gasteiger partial charge in [-0.2, -0.15) is 0 Å². The van der Waals surface area contributed by atoms with Crippen molar-refractivity contribution in [2.45, 2.75) is 44.4 Å². The number of rotatable bonds is 8. The maximum absolute atomic E-state index is 12.5. The normalized spacial score (nSPS) is 14.4. The van der Waals surface area contributed by atoms with Gasteiger partial charge in [0.1, 0.15) is 12.3 Å². The number of furan rings is 1. The first-order valence-electron chi connectivity index (χ1n) is 7.84. The van der Waals surface area contributed by atoms with Crippen LogP contribution in [-0.2, 0) is 11.3 Å². The average Bonchev–Trinajstić information content (AvgIpc) is 3.04. The van der Waals surface area contributed by atoms with Crippen molar-refractivity contribution in [3.05, 3.63) is 24.2 Å². The van der Waals surface area contributed by atoms with Crippen molar-refractivity contribution in [3.63, 3.8) is 0 Å². The third-order valence-corrected chi connectivity index (χ3v) is 4.52. The Balaban J connectivity index is 1.57. The van der Waals surface area contributed by atoms with Gasteiger partial charge in [0.05, 0.1) is 12.0 Å². The Hall–Kier alpha value is -1.83. The lowest BCUT2D eigenvalue weighted by Crippen LogP contribution is -2.37. The Morgan fingerprint density at radius 1 is 1.52 bits per heavy atom. The number of thioether (sulfide) groups is 1. The number of tetrazole rings is 1. The van der Waals surface area contributed by atoms with Crippen LogP contribution in [0.4, 0.5) is 0 Å². The maximum Gasteiger partial charge on any atom is 0.233 e. The van der Waals surface area contributed by atoms with Crippen LogP contribution in [0.2, 0.25) is 0 Å². The molecule has 8 heteroatoms. The molecule has 0 spiro atoms. The Bertz CT molecular complexity index is 636. The number of nitrogens with zero attached hydrogens (tertiary/aromatic N) is 5. The largest absolute Gasteiger partial charge is 0.467 e. The van der Waals surface area contributed by atoms with Gasteiger partial charge in [-0.05, 0) is 41.3 Å². The summed E-state index contributed by atoms with van der Waals surface area (Å²) in [6.07, 6.45) is 3.87. The summed E-state index contributed by atoms with van der Waals surface area (Å²) in [5.74, 6) is 1.79. The fourth-order valence-corrected chi connectivity index (χ4v) is 3.16. The predicted molar refractivity (Wildman–Crippen MR) is 85.9 cm³/mol. The summed E-state index contributed by atoms with van der Waals surface area (Å²) in [4.78, 5) is 14.5. The zero-order chi connectivity index (χ0) is 16.2. The molecule has 7 nitrogen and oxygen atoms in total. The van der Waals surface area contributed by atoms with Crippen molar-refractivity contribution in [2.24, 2.45) is 5.92 Å². The minimum Gasteiger partial charge on any atom is -0.467 e. The SMILES string of the molecule is CC(C)CN(C(=O)CSc1nnnn1Cc1ccco1)C1CC1. The van der Waals surface area contributed by atoms with Gasteiger partial charge in [-0.25, -0.2) is 4.68 Å². The highest BCUT2D eigenvalue weighted by atomic mass is 32.2. The minimum absolute atomic E-state index is 0.166. The van der Waals surface area contributed by atoms with Gasteiger partial charge in [-0.15, -0.1) is 5.10 Å². The van der Waals surface area contributed by atoms with Crippen LogP contribution in [0.1, 0.15) is 32.4 Å². The quantitative estimate of drug-likeness (QED) is 0.687. The Morgan fingerprint density at radius 3 is 3.00 bits per heavy atom. The van der Waals surface area contributed by atoms with E-state index in [-0.39, 0.29) is 5.91 Å². The lowest BCUT2D eigenvalue weighted by Gasteiger charge is -2.24. The summed E-state index contributed by atoms with van der Waals surface area (Å²) in [7, 11) is 0. The van der Waals surface area contributed by atoms with Gasteiger partial charge in [-0.1, -0.05) is 25.6 Å². The summed E-state index contributed by atoms with van der Waals surface area (Å²) in [6, 6.07) is 4.14. The Kier molecular flexibility index (Phi) is 5.00. The molecule has 0 bridgehead atoms. The summed E-state index contributed by atoms with van der Waals surface area (Å²) in [5, 5.41) is 12.3. The van der Waals surface area contributed by atoms with E-state index in [1.165, 1.54) is 11.8 Å². The molecule has 1 saturated carbocycles. The number of amides is 1. The number of aromatic nitrogens is 4. The number of carbonyl (C=O) groups is 1. The first kappa shape index (κ1) is 16.0. The highest BCUT2D eigenvalue weighted by Gasteiger charge is 2.32. The monoisotopic (exact) mass is 335 g/mol. The number of carbonyl (C=O) groups excluding carboxylic acids is 1. The average molecular weight is 335 g/mol. The molecule has 0 aromatic carbocycles. The fourth-order valence-electron chi connectivity index (χ4n) is 2.39. The third kappa shape index (κ3) is 4.34.